The normalized spacial score (nSPS) is 20.2. The Morgan fingerprint density at radius 1 is 1.12 bits per heavy atom. The van der Waals surface area contributed by atoms with Crippen molar-refractivity contribution < 1.29 is 14.3 Å². The molecule has 0 aliphatic carbocycles. The third kappa shape index (κ3) is 4.46. The van der Waals surface area contributed by atoms with E-state index in [9.17, 15) is 4.79 Å². The summed E-state index contributed by atoms with van der Waals surface area (Å²) in [5, 5.41) is 3.18. The molecule has 0 aromatic heterocycles. The Hall–Kier alpha value is -1.75. The second-order valence-corrected chi connectivity index (χ2v) is 7.39. The molecule has 1 saturated heterocycles. The highest BCUT2D eigenvalue weighted by Crippen LogP contribution is 2.32. The van der Waals surface area contributed by atoms with Gasteiger partial charge in [0.25, 0.3) is 0 Å². The molecule has 0 saturated carbocycles. The monoisotopic (exact) mass is 346 g/mol. The molecule has 1 atom stereocenters. The van der Waals surface area contributed by atoms with Crippen LogP contribution in [0.25, 0.3) is 0 Å². The Kier molecular flexibility index (Phi) is 5.84. The number of carbonyl (C=O) groups is 1. The third-order valence-corrected chi connectivity index (χ3v) is 5.26. The lowest BCUT2D eigenvalue weighted by atomic mass is 9.94. The van der Waals surface area contributed by atoms with Gasteiger partial charge in [0, 0.05) is 18.4 Å². The first-order valence-corrected chi connectivity index (χ1v) is 9.48. The van der Waals surface area contributed by atoms with Gasteiger partial charge in [0.1, 0.15) is 0 Å². The van der Waals surface area contributed by atoms with Crippen LogP contribution in [-0.2, 0) is 4.79 Å². The fourth-order valence-electron chi connectivity index (χ4n) is 3.54. The van der Waals surface area contributed by atoms with Crippen molar-refractivity contribution in [3.8, 4) is 11.5 Å². The van der Waals surface area contributed by atoms with Crippen LogP contribution in [0.15, 0.2) is 18.2 Å². The molecule has 2 heterocycles. The first kappa shape index (κ1) is 18.1. The highest BCUT2D eigenvalue weighted by Gasteiger charge is 2.27. The lowest BCUT2D eigenvalue weighted by Crippen LogP contribution is -2.43. The molecule has 25 heavy (non-hydrogen) atoms. The van der Waals surface area contributed by atoms with Gasteiger partial charge in [-0.25, -0.2) is 0 Å². The van der Waals surface area contributed by atoms with Crippen LogP contribution in [-0.4, -0.2) is 43.2 Å². The van der Waals surface area contributed by atoms with Gasteiger partial charge in [0.15, 0.2) is 11.5 Å². The number of piperidine rings is 1. The SMILES string of the molecule is CC(NC(=O)C1CCN(C(C)C)CC1)c1ccc2c(c1)OCCCO2. The molecule has 1 unspecified atom stereocenters. The molecule has 0 radical (unpaired) electrons. The van der Waals surface area contributed by atoms with E-state index in [1.807, 2.05) is 25.1 Å². The molecule has 1 aromatic carbocycles. The number of amides is 1. The molecule has 2 aliphatic heterocycles. The van der Waals surface area contributed by atoms with Gasteiger partial charge in [0.2, 0.25) is 5.91 Å². The first-order valence-electron chi connectivity index (χ1n) is 9.48. The molecule has 0 spiro atoms. The fraction of sp³-hybridized carbons (Fsp3) is 0.650. The van der Waals surface area contributed by atoms with Crippen LogP contribution in [0.3, 0.4) is 0 Å². The number of nitrogens with zero attached hydrogens (tertiary/aromatic N) is 1. The zero-order chi connectivity index (χ0) is 17.8. The summed E-state index contributed by atoms with van der Waals surface area (Å²) >= 11 is 0. The summed E-state index contributed by atoms with van der Waals surface area (Å²) in [6, 6.07) is 6.48. The van der Waals surface area contributed by atoms with E-state index in [1.165, 1.54) is 0 Å². The molecule has 0 bridgehead atoms. The fourth-order valence-corrected chi connectivity index (χ4v) is 3.54. The second kappa shape index (κ2) is 8.09. The van der Waals surface area contributed by atoms with Crippen molar-refractivity contribution in [1.82, 2.24) is 10.2 Å². The minimum Gasteiger partial charge on any atom is -0.490 e. The van der Waals surface area contributed by atoms with E-state index in [-0.39, 0.29) is 17.9 Å². The first-order chi connectivity index (χ1) is 12.0. The van der Waals surface area contributed by atoms with Crippen LogP contribution in [0.2, 0.25) is 0 Å². The highest BCUT2D eigenvalue weighted by molar-refractivity contribution is 5.79. The van der Waals surface area contributed by atoms with Crippen molar-refractivity contribution in [3.05, 3.63) is 23.8 Å². The molecule has 1 N–H and O–H groups in total. The number of benzene rings is 1. The molecule has 5 nitrogen and oxygen atoms in total. The van der Waals surface area contributed by atoms with Gasteiger partial charge in [-0.3, -0.25) is 4.79 Å². The van der Waals surface area contributed by atoms with E-state index < -0.39 is 0 Å². The lowest BCUT2D eigenvalue weighted by molar-refractivity contribution is -0.127. The van der Waals surface area contributed by atoms with Crippen LogP contribution < -0.4 is 14.8 Å². The Bertz CT molecular complexity index is 595. The van der Waals surface area contributed by atoms with Crippen LogP contribution in [0, 0.1) is 5.92 Å². The van der Waals surface area contributed by atoms with Gasteiger partial charge in [-0.2, -0.15) is 0 Å². The summed E-state index contributed by atoms with van der Waals surface area (Å²) in [5.41, 5.74) is 1.05. The quantitative estimate of drug-likeness (QED) is 0.910. The largest absolute Gasteiger partial charge is 0.490 e. The summed E-state index contributed by atoms with van der Waals surface area (Å²) in [6.07, 6.45) is 2.78. The zero-order valence-electron chi connectivity index (χ0n) is 15.6. The summed E-state index contributed by atoms with van der Waals surface area (Å²) < 4.78 is 11.4. The maximum absolute atomic E-state index is 12.6. The molecule has 1 aromatic rings. The maximum Gasteiger partial charge on any atom is 0.223 e. The number of ether oxygens (including phenoxy) is 2. The molecule has 3 rings (SSSR count). The second-order valence-electron chi connectivity index (χ2n) is 7.39. The van der Waals surface area contributed by atoms with E-state index in [0.717, 1.165) is 49.4 Å². The number of nitrogens with one attached hydrogen (secondary N) is 1. The summed E-state index contributed by atoms with van der Waals surface area (Å²) in [7, 11) is 0. The van der Waals surface area contributed by atoms with Crippen LogP contribution in [0.1, 0.15) is 51.6 Å². The predicted molar refractivity (Wildman–Crippen MR) is 98.0 cm³/mol. The van der Waals surface area contributed by atoms with Gasteiger partial charge in [-0.1, -0.05) is 6.07 Å². The number of likely N-dealkylation sites (tertiary alicyclic amines) is 1. The van der Waals surface area contributed by atoms with Crippen molar-refractivity contribution in [2.45, 2.75) is 52.1 Å². The zero-order valence-corrected chi connectivity index (χ0v) is 15.6. The Morgan fingerprint density at radius 2 is 1.80 bits per heavy atom. The van der Waals surface area contributed by atoms with Gasteiger partial charge >= 0.3 is 0 Å². The third-order valence-electron chi connectivity index (χ3n) is 5.26. The number of rotatable bonds is 4. The van der Waals surface area contributed by atoms with E-state index in [1.54, 1.807) is 0 Å². The number of hydrogen-bond donors (Lipinski definition) is 1. The number of carbonyl (C=O) groups excluding carboxylic acids is 1. The van der Waals surface area contributed by atoms with Gasteiger partial charge in [-0.05, 0) is 64.4 Å². The van der Waals surface area contributed by atoms with Gasteiger partial charge in [-0.15, -0.1) is 0 Å². The average molecular weight is 346 g/mol. The minimum absolute atomic E-state index is 0.0345. The number of fused-ring (bicyclic) bond motifs is 1. The van der Waals surface area contributed by atoms with Crippen LogP contribution in [0.5, 0.6) is 11.5 Å². The van der Waals surface area contributed by atoms with E-state index in [2.05, 4.69) is 24.1 Å². The predicted octanol–water partition coefficient (Wildman–Crippen LogP) is 3.15. The van der Waals surface area contributed by atoms with Crippen molar-refractivity contribution in [2.24, 2.45) is 5.92 Å². The molecular weight excluding hydrogens is 316 g/mol. The van der Waals surface area contributed by atoms with E-state index >= 15 is 0 Å². The van der Waals surface area contributed by atoms with E-state index in [0.29, 0.717) is 19.3 Å². The van der Waals surface area contributed by atoms with Gasteiger partial charge < -0.3 is 19.7 Å². The Labute approximate surface area is 150 Å². The summed E-state index contributed by atoms with van der Waals surface area (Å²) in [5.74, 6) is 1.86. The minimum atomic E-state index is -0.0345. The van der Waals surface area contributed by atoms with Crippen molar-refractivity contribution in [1.29, 1.82) is 0 Å². The van der Waals surface area contributed by atoms with Gasteiger partial charge in [0.05, 0.1) is 19.3 Å². The lowest BCUT2D eigenvalue weighted by Gasteiger charge is -2.34. The van der Waals surface area contributed by atoms with Crippen LogP contribution in [0.4, 0.5) is 0 Å². The van der Waals surface area contributed by atoms with Crippen molar-refractivity contribution in [3.63, 3.8) is 0 Å². The molecule has 1 amide bonds. The van der Waals surface area contributed by atoms with Crippen molar-refractivity contribution >= 4 is 5.91 Å². The molecule has 5 heteroatoms. The topological polar surface area (TPSA) is 50.8 Å². The highest BCUT2D eigenvalue weighted by atomic mass is 16.5. The number of hydrogen-bond acceptors (Lipinski definition) is 4. The van der Waals surface area contributed by atoms with Crippen molar-refractivity contribution in [2.75, 3.05) is 26.3 Å². The smallest absolute Gasteiger partial charge is 0.223 e. The molecule has 1 fully saturated rings. The molecular formula is C20H30N2O3. The molecule has 138 valence electrons. The van der Waals surface area contributed by atoms with E-state index in [4.69, 9.17) is 9.47 Å². The molecule has 2 aliphatic rings. The standard InChI is InChI=1S/C20H30N2O3/c1-14(2)22-9-7-16(8-10-22)20(23)21-15(3)17-5-6-18-19(13-17)25-12-4-11-24-18/h5-6,13-16H,4,7-12H2,1-3H3,(H,21,23). The van der Waals surface area contributed by atoms with Crippen LogP contribution >= 0.6 is 0 Å². The average Bonchev–Trinajstić information content (AvgIpc) is 2.86. The Morgan fingerprint density at radius 3 is 2.48 bits per heavy atom. The Balaban J connectivity index is 1.58. The maximum atomic E-state index is 12.6. The summed E-state index contributed by atoms with van der Waals surface area (Å²) in [4.78, 5) is 15.1. The summed E-state index contributed by atoms with van der Waals surface area (Å²) in [6.45, 7) is 9.83.